The second-order valence-electron chi connectivity index (χ2n) is 5.26. The maximum atomic E-state index is 13.5. The van der Waals surface area contributed by atoms with E-state index in [1.165, 1.54) is 12.1 Å². The largest absolute Gasteiger partial charge is 0.323 e. The zero-order valence-electron chi connectivity index (χ0n) is 11.1. The number of hydrogen-bond donors (Lipinski definition) is 2. The highest BCUT2D eigenvalue weighted by Crippen LogP contribution is 2.41. The molecule has 2 aliphatic rings. The van der Waals surface area contributed by atoms with Gasteiger partial charge in [-0.25, -0.2) is 4.39 Å². The first kappa shape index (κ1) is 12.1. The predicted octanol–water partition coefficient (Wildman–Crippen LogP) is 2.37. The Kier molecular flexibility index (Phi) is 2.39. The number of hydrazone groups is 1. The zero-order valence-corrected chi connectivity index (χ0v) is 11.1. The minimum atomic E-state index is -0.997. The number of fused-ring (bicyclic) bond motifs is 2. The van der Waals surface area contributed by atoms with Gasteiger partial charge in [0.1, 0.15) is 5.82 Å². The molecule has 5 heteroatoms. The minimum Gasteiger partial charge on any atom is -0.323 e. The molecule has 1 amide bonds. The van der Waals surface area contributed by atoms with Crippen molar-refractivity contribution in [2.24, 2.45) is 5.10 Å². The Morgan fingerprint density at radius 1 is 1.14 bits per heavy atom. The molecule has 21 heavy (non-hydrogen) atoms. The number of amides is 1. The molecule has 104 valence electrons. The summed E-state index contributed by atoms with van der Waals surface area (Å²) in [7, 11) is 0. The molecule has 0 radical (unpaired) electrons. The summed E-state index contributed by atoms with van der Waals surface area (Å²) < 4.78 is 13.5. The van der Waals surface area contributed by atoms with Gasteiger partial charge in [-0.2, -0.15) is 5.10 Å². The standard InChI is InChI=1S/C16H12FN3O/c17-11-6-7-13-12(8-11)16(15(21)18-13)9-14(19-20-16)10-4-2-1-3-5-10/h1-8,20H,9H2,(H,18,21). The first-order valence-corrected chi connectivity index (χ1v) is 6.70. The van der Waals surface area contributed by atoms with Crippen molar-refractivity contribution in [3.63, 3.8) is 0 Å². The fourth-order valence-corrected chi connectivity index (χ4v) is 2.91. The van der Waals surface area contributed by atoms with Crippen LogP contribution in [0.25, 0.3) is 0 Å². The Balaban J connectivity index is 1.76. The molecule has 0 aliphatic carbocycles. The van der Waals surface area contributed by atoms with Gasteiger partial charge in [0, 0.05) is 17.7 Å². The van der Waals surface area contributed by atoms with Crippen molar-refractivity contribution < 1.29 is 9.18 Å². The van der Waals surface area contributed by atoms with Crippen LogP contribution in [-0.4, -0.2) is 11.6 Å². The number of nitrogens with one attached hydrogen (secondary N) is 2. The molecule has 2 N–H and O–H groups in total. The van der Waals surface area contributed by atoms with Crippen molar-refractivity contribution in [2.75, 3.05) is 5.32 Å². The molecule has 2 aromatic rings. The molecule has 2 heterocycles. The number of nitrogens with zero attached hydrogens (tertiary/aromatic N) is 1. The van der Waals surface area contributed by atoms with E-state index in [4.69, 9.17) is 0 Å². The van der Waals surface area contributed by atoms with Crippen LogP contribution < -0.4 is 10.7 Å². The monoisotopic (exact) mass is 281 g/mol. The second-order valence-corrected chi connectivity index (χ2v) is 5.26. The van der Waals surface area contributed by atoms with Crippen LogP contribution in [0.2, 0.25) is 0 Å². The lowest BCUT2D eigenvalue weighted by Crippen LogP contribution is -2.42. The molecule has 4 rings (SSSR count). The molecule has 0 bridgehead atoms. The third-order valence-electron chi connectivity index (χ3n) is 4.00. The highest BCUT2D eigenvalue weighted by Gasteiger charge is 2.50. The molecule has 0 aromatic heterocycles. The van der Waals surface area contributed by atoms with Crippen LogP contribution >= 0.6 is 0 Å². The quantitative estimate of drug-likeness (QED) is 0.843. The Labute approximate surface area is 120 Å². The number of carbonyl (C=O) groups is 1. The lowest BCUT2D eigenvalue weighted by Gasteiger charge is -2.20. The number of hydrogen-bond acceptors (Lipinski definition) is 3. The first-order valence-electron chi connectivity index (χ1n) is 6.70. The summed E-state index contributed by atoms with van der Waals surface area (Å²) in [6.07, 6.45) is 0.402. The Bertz CT molecular complexity index is 772. The van der Waals surface area contributed by atoms with Gasteiger partial charge < -0.3 is 5.32 Å². The summed E-state index contributed by atoms with van der Waals surface area (Å²) in [6, 6.07) is 14.0. The average molecular weight is 281 g/mol. The Morgan fingerprint density at radius 3 is 2.76 bits per heavy atom. The van der Waals surface area contributed by atoms with Crippen molar-refractivity contribution in [1.82, 2.24) is 5.43 Å². The molecule has 0 saturated heterocycles. The summed E-state index contributed by atoms with van der Waals surface area (Å²) in [5, 5.41) is 7.09. The van der Waals surface area contributed by atoms with Crippen LogP contribution in [0.15, 0.2) is 53.6 Å². The van der Waals surface area contributed by atoms with Crippen molar-refractivity contribution in [1.29, 1.82) is 0 Å². The van der Waals surface area contributed by atoms with Gasteiger partial charge in [-0.05, 0) is 23.8 Å². The molecule has 0 fully saturated rings. The van der Waals surface area contributed by atoms with Crippen molar-refractivity contribution in [3.8, 4) is 0 Å². The van der Waals surface area contributed by atoms with Crippen molar-refractivity contribution >= 4 is 17.3 Å². The summed E-state index contributed by atoms with van der Waals surface area (Å²) in [4.78, 5) is 12.4. The van der Waals surface area contributed by atoms with E-state index >= 15 is 0 Å². The molecule has 1 unspecified atom stereocenters. The lowest BCUT2D eigenvalue weighted by molar-refractivity contribution is -0.121. The summed E-state index contributed by atoms with van der Waals surface area (Å²) >= 11 is 0. The topological polar surface area (TPSA) is 53.5 Å². The van der Waals surface area contributed by atoms with E-state index in [1.54, 1.807) is 6.07 Å². The van der Waals surface area contributed by atoms with E-state index < -0.39 is 5.54 Å². The highest BCUT2D eigenvalue weighted by atomic mass is 19.1. The van der Waals surface area contributed by atoms with E-state index in [1.807, 2.05) is 30.3 Å². The molecule has 0 saturated carbocycles. The SMILES string of the molecule is O=C1Nc2ccc(F)cc2C12CC(c1ccccc1)=NN2. The third kappa shape index (κ3) is 1.67. The zero-order chi connectivity index (χ0) is 14.4. The van der Waals surface area contributed by atoms with Gasteiger partial charge in [0.2, 0.25) is 0 Å². The van der Waals surface area contributed by atoms with E-state index in [-0.39, 0.29) is 11.7 Å². The van der Waals surface area contributed by atoms with Gasteiger partial charge in [0.05, 0.1) is 5.71 Å². The van der Waals surface area contributed by atoms with Crippen LogP contribution in [-0.2, 0) is 10.3 Å². The van der Waals surface area contributed by atoms with E-state index in [9.17, 15) is 9.18 Å². The van der Waals surface area contributed by atoms with Gasteiger partial charge in [-0.1, -0.05) is 30.3 Å². The smallest absolute Gasteiger partial charge is 0.256 e. The molecular formula is C16H12FN3O. The van der Waals surface area contributed by atoms with Crippen molar-refractivity contribution in [2.45, 2.75) is 12.0 Å². The van der Waals surface area contributed by atoms with Crippen molar-refractivity contribution in [3.05, 3.63) is 65.5 Å². The molecule has 4 nitrogen and oxygen atoms in total. The van der Waals surface area contributed by atoms with Crippen LogP contribution in [0.1, 0.15) is 17.5 Å². The van der Waals surface area contributed by atoms with E-state index in [0.717, 1.165) is 11.3 Å². The molecular weight excluding hydrogens is 269 g/mol. The highest BCUT2D eigenvalue weighted by molar-refractivity contribution is 6.13. The minimum absolute atomic E-state index is 0.196. The second kappa shape index (κ2) is 4.15. The van der Waals surface area contributed by atoms with Crippen LogP contribution in [0, 0.1) is 5.82 Å². The maximum absolute atomic E-state index is 13.5. The van der Waals surface area contributed by atoms with Crippen LogP contribution in [0.4, 0.5) is 10.1 Å². The average Bonchev–Trinajstić information content (AvgIpc) is 3.06. The maximum Gasteiger partial charge on any atom is 0.256 e. The Hall–Kier alpha value is -2.69. The number of benzene rings is 2. The van der Waals surface area contributed by atoms with Crippen LogP contribution in [0.3, 0.4) is 0 Å². The molecule has 2 aromatic carbocycles. The molecule has 2 aliphatic heterocycles. The predicted molar refractivity (Wildman–Crippen MR) is 77.4 cm³/mol. The van der Waals surface area contributed by atoms with Gasteiger partial charge in [-0.15, -0.1) is 0 Å². The van der Waals surface area contributed by atoms with Gasteiger partial charge in [0.15, 0.2) is 5.54 Å². The number of anilines is 1. The first-order chi connectivity index (χ1) is 10.2. The van der Waals surface area contributed by atoms with Gasteiger partial charge in [-0.3, -0.25) is 10.2 Å². The normalized spacial score (nSPS) is 22.7. The van der Waals surface area contributed by atoms with Gasteiger partial charge >= 0.3 is 0 Å². The summed E-state index contributed by atoms with van der Waals surface area (Å²) in [5.74, 6) is -0.558. The Morgan fingerprint density at radius 2 is 1.95 bits per heavy atom. The number of rotatable bonds is 1. The number of halogens is 1. The van der Waals surface area contributed by atoms with Gasteiger partial charge in [0.25, 0.3) is 5.91 Å². The van der Waals surface area contributed by atoms with E-state index in [0.29, 0.717) is 17.7 Å². The lowest BCUT2D eigenvalue weighted by atomic mass is 9.86. The fraction of sp³-hybridized carbons (Fsp3) is 0.125. The third-order valence-corrected chi connectivity index (χ3v) is 4.00. The molecule has 1 atom stereocenters. The summed E-state index contributed by atoms with van der Waals surface area (Å²) in [5.41, 5.74) is 4.93. The number of carbonyl (C=O) groups excluding carboxylic acids is 1. The van der Waals surface area contributed by atoms with Crippen LogP contribution in [0.5, 0.6) is 0 Å². The molecule has 1 spiro atoms. The summed E-state index contributed by atoms with van der Waals surface area (Å²) in [6.45, 7) is 0. The van der Waals surface area contributed by atoms with E-state index in [2.05, 4.69) is 15.8 Å². The fourth-order valence-electron chi connectivity index (χ4n) is 2.91.